The Morgan fingerprint density at radius 1 is 1.00 bits per heavy atom. The van der Waals surface area contributed by atoms with Crippen LogP contribution in [0.1, 0.15) is 22.3 Å². The molecule has 0 saturated heterocycles. The molecule has 0 radical (unpaired) electrons. The Morgan fingerprint density at radius 3 is 2.32 bits per heavy atom. The molecule has 0 saturated carbocycles. The van der Waals surface area contributed by atoms with Crippen LogP contribution in [0, 0.1) is 26.6 Å². The SMILES string of the molecule is C=C(Nc1ccc(C)cc1F)c1cc(C)ccc1C. The summed E-state index contributed by atoms with van der Waals surface area (Å²) in [5.74, 6) is -0.258. The van der Waals surface area contributed by atoms with Crippen molar-refractivity contribution < 1.29 is 4.39 Å². The van der Waals surface area contributed by atoms with E-state index in [-0.39, 0.29) is 5.82 Å². The maximum absolute atomic E-state index is 13.8. The number of benzene rings is 2. The van der Waals surface area contributed by atoms with Crippen LogP contribution in [0.4, 0.5) is 10.1 Å². The number of anilines is 1. The molecule has 0 fully saturated rings. The molecule has 0 spiro atoms. The third-order valence-electron chi connectivity index (χ3n) is 3.13. The maximum Gasteiger partial charge on any atom is 0.146 e. The molecule has 98 valence electrons. The molecule has 0 amide bonds. The number of hydrogen-bond acceptors (Lipinski definition) is 1. The van der Waals surface area contributed by atoms with E-state index in [1.54, 1.807) is 6.07 Å². The van der Waals surface area contributed by atoms with E-state index >= 15 is 0 Å². The van der Waals surface area contributed by atoms with Crippen LogP contribution in [0.25, 0.3) is 5.70 Å². The molecule has 0 bridgehead atoms. The Balaban J connectivity index is 2.28. The predicted octanol–water partition coefficient (Wildman–Crippen LogP) is 4.83. The van der Waals surface area contributed by atoms with Gasteiger partial charge in [-0.1, -0.05) is 30.3 Å². The second-order valence-electron chi connectivity index (χ2n) is 4.91. The maximum atomic E-state index is 13.8. The number of hydrogen-bond donors (Lipinski definition) is 1. The third-order valence-corrected chi connectivity index (χ3v) is 3.13. The molecule has 2 aromatic rings. The van der Waals surface area contributed by atoms with E-state index in [1.807, 2.05) is 32.9 Å². The summed E-state index contributed by atoms with van der Waals surface area (Å²) in [6, 6.07) is 11.3. The van der Waals surface area contributed by atoms with Crippen LogP contribution in [0.2, 0.25) is 0 Å². The second kappa shape index (κ2) is 5.27. The van der Waals surface area contributed by atoms with E-state index in [0.29, 0.717) is 11.4 Å². The van der Waals surface area contributed by atoms with Gasteiger partial charge in [-0.3, -0.25) is 0 Å². The van der Waals surface area contributed by atoms with E-state index in [9.17, 15) is 4.39 Å². The van der Waals surface area contributed by atoms with Crippen molar-refractivity contribution in [3.8, 4) is 0 Å². The normalized spacial score (nSPS) is 10.3. The van der Waals surface area contributed by atoms with Gasteiger partial charge in [-0.25, -0.2) is 4.39 Å². The monoisotopic (exact) mass is 255 g/mol. The van der Waals surface area contributed by atoms with E-state index < -0.39 is 0 Å². The van der Waals surface area contributed by atoms with Crippen molar-refractivity contribution in [1.82, 2.24) is 0 Å². The van der Waals surface area contributed by atoms with Gasteiger partial charge in [0.15, 0.2) is 0 Å². The molecule has 1 N–H and O–H groups in total. The van der Waals surface area contributed by atoms with Crippen molar-refractivity contribution >= 4 is 11.4 Å². The fourth-order valence-corrected chi connectivity index (χ4v) is 2.01. The average Bonchev–Trinajstić information content (AvgIpc) is 2.35. The van der Waals surface area contributed by atoms with Crippen molar-refractivity contribution in [3.05, 3.63) is 71.0 Å². The molecule has 0 unspecified atom stereocenters. The lowest BCUT2D eigenvalue weighted by Crippen LogP contribution is -2.01. The standard InChI is InChI=1S/C17H18FN/c1-11-5-7-13(3)15(9-11)14(4)19-17-8-6-12(2)10-16(17)18/h5-10,19H,4H2,1-3H3. The smallest absolute Gasteiger partial charge is 0.146 e. The zero-order valence-corrected chi connectivity index (χ0v) is 11.5. The summed E-state index contributed by atoms with van der Waals surface area (Å²) in [7, 11) is 0. The first-order valence-corrected chi connectivity index (χ1v) is 6.27. The molecule has 0 aliphatic heterocycles. The molecule has 2 heteroatoms. The highest BCUT2D eigenvalue weighted by Gasteiger charge is 2.07. The molecule has 2 aromatic carbocycles. The lowest BCUT2D eigenvalue weighted by Gasteiger charge is -2.14. The van der Waals surface area contributed by atoms with Gasteiger partial charge in [0.05, 0.1) is 5.69 Å². The van der Waals surface area contributed by atoms with Crippen LogP contribution >= 0.6 is 0 Å². The number of aryl methyl sites for hydroxylation is 3. The van der Waals surface area contributed by atoms with Crippen molar-refractivity contribution in [3.63, 3.8) is 0 Å². The van der Waals surface area contributed by atoms with Gasteiger partial charge in [-0.05, 0) is 50.1 Å². The van der Waals surface area contributed by atoms with Gasteiger partial charge in [0, 0.05) is 11.3 Å². The van der Waals surface area contributed by atoms with Crippen molar-refractivity contribution in [1.29, 1.82) is 0 Å². The highest BCUT2D eigenvalue weighted by Crippen LogP contribution is 2.23. The fraction of sp³-hybridized carbons (Fsp3) is 0.176. The van der Waals surface area contributed by atoms with Gasteiger partial charge in [0.25, 0.3) is 0 Å². The summed E-state index contributed by atoms with van der Waals surface area (Å²) >= 11 is 0. The first-order valence-electron chi connectivity index (χ1n) is 6.27. The van der Waals surface area contributed by atoms with Gasteiger partial charge in [0.2, 0.25) is 0 Å². The Hall–Kier alpha value is -2.09. The predicted molar refractivity (Wildman–Crippen MR) is 79.7 cm³/mol. The summed E-state index contributed by atoms with van der Waals surface area (Å²) < 4.78 is 13.8. The van der Waals surface area contributed by atoms with Crippen LogP contribution < -0.4 is 5.32 Å². The van der Waals surface area contributed by atoms with Gasteiger partial charge >= 0.3 is 0 Å². The molecule has 2 rings (SSSR count). The Labute approximate surface area is 113 Å². The first-order chi connectivity index (χ1) is 8.97. The van der Waals surface area contributed by atoms with Crippen LogP contribution in [0.15, 0.2) is 43.0 Å². The largest absolute Gasteiger partial charge is 0.353 e. The topological polar surface area (TPSA) is 12.0 Å². The summed E-state index contributed by atoms with van der Waals surface area (Å²) in [4.78, 5) is 0. The van der Waals surface area contributed by atoms with E-state index in [0.717, 1.165) is 22.3 Å². The fourth-order valence-electron chi connectivity index (χ4n) is 2.01. The molecule has 0 atom stereocenters. The molecule has 0 aliphatic carbocycles. The number of halogens is 1. The van der Waals surface area contributed by atoms with Crippen molar-refractivity contribution in [2.75, 3.05) is 5.32 Å². The van der Waals surface area contributed by atoms with Crippen LogP contribution in [-0.4, -0.2) is 0 Å². The lowest BCUT2D eigenvalue weighted by atomic mass is 10.0. The van der Waals surface area contributed by atoms with Crippen LogP contribution in [0.3, 0.4) is 0 Å². The molecular formula is C17H18FN. The summed E-state index contributed by atoms with van der Waals surface area (Å²) in [6.07, 6.45) is 0. The molecule has 0 heterocycles. The molecule has 19 heavy (non-hydrogen) atoms. The van der Waals surface area contributed by atoms with Crippen LogP contribution in [-0.2, 0) is 0 Å². The van der Waals surface area contributed by atoms with Crippen molar-refractivity contribution in [2.24, 2.45) is 0 Å². The zero-order chi connectivity index (χ0) is 14.0. The molecular weight excluding hydrogens is 237 g/mol. The van der Waals surface area contributed by atoms with E-state index in [1.165, 1.54) is 6.07 Å². The highest BCUT2D eigenvalue weighted by molar-refractivity contribution is 5.77. The van der Waals surface area contributed by atoms with E-state index in [4.69, 9.17) is 0 Å². The van der Waals surface area contributed by atoms with E-state index in [2.05, 4.69) is 24.0 Å². The average molecular weight is 255 g/mol. The highest BCUT2D eigenvalue weighted by atomic mass is 19.1. The van der Waals surface area contributed by atoms with Crippen LogP contribution in [0.5, 0.6) is 0 Å². The summed E-state index contributed by atoms with van der Waals surface area (Å²) in [5.41, 5.74) is 5.37. The zero-order valence-electron chi connectivity index (χ0n) is 11.5. The summed E-state index contributed by atoms with van der Waals surface area (Å²) in [5, 5.41) is 3.05. The van der Waals surface area contributed by atoms with Crippen molar-refractivity contribution in [2.45, 2.75) is 20.8 Å². The quantitative estimate of drug-likeness (QED) is 0.828. The lowest BCUT2D eigenvalue weighted by molar-refractivity contribution is 0.631. The minimum absolute atomic E-state index is 0.258. The van der Waals surface area contributed by atoms with Gasteiger partial charge in [-0.15, -0.1) is 0 Å². The Morgan fingerprint density at radius 2 is 1.63 bits per heavy atom. The third kappa shape index (κ3) is 3.02. The molecule has 0 aromatic heterocycles. The number of rotatable bonds is 3. The number of nitrogens with one attached hydrogen (secondary N) is 1. The van der Waals surface area contributed by atoms with Gasteiger partial charge in [0.1, 0.15) is 5.82 Å². The molecule has 1 nitrogen and oxygen atoms in total. The van der Waals surface area contributed by atoms with Gasteiger partial charge in [-0.2, -0.15) is 0 Å². The minimum Gasteiger partial charge on any atom is -0.353 e. The second-order valence-corrected chi connectivity index (χ2v) is 4.91. The Bertz CT molecular complexity index is 629. The molecule has 0 aliphatic rings. The van der Waals surface area contributed by atoms with Gasteiger partial charge < -0.3 is 5.32 Å². The minimum atomic E-state index is -0.258. The summed E-state index contributed by atoms with van der Waals surface area (Å²) in [6.45, 7) is 9.93. The first kappa shape index (κ1) is 13.3. The Kier molecular flexibility index (Phi) is 3.70.